The Labute approximate surface area is 137 Å². The van der Waals surface area contributed by atoms with Gasteiger partial charge in [-0.05, 0) is 26.3 Å². The minimum Gasteiger partial charge on any atom is -0.370 e. The summed E-state index contributed by atoms with van der Waals surface area (Å²) in [5, 5.41) is 7.50. The third-order valence-electron chi connectivity index (χ3n) is 3.88. The molecule has 0 unspecified atom stereocenters. The van der Waals surface area contributed by atoms with Crippen molar-refractivity contribution < 1.29 is 9.59 Å². The first kappa shape index (κ1) is 17.5. The van der Waals surface area contributed by atoms with Gasteiger partial charge in [-0.3, -0.25) is 19.2 Å². The lowest BCUT2D eigenvalue weighted by atomic mass is 10.2. The zero-order chi connectivity index (χ0) is 16.8. The molecule has 1 aliphatic rings. The Balaban J connectivity index is 1.91. The second-order valence-corrected chi connectivity index (χ2v) is 6.42. The first-order chi connectivity index (χ1) is 10.9. The number of amides is 2. The quantitative estimate of drug-likeness (QED) is 0.761. The molecule has 0 saturated heterocycles. The van der Waals surface area contributed by atoms with E-state index in [2.05, 4.69) is 21.4 Å². The molecular weight excluding hydrogens is 294 g/mol. The topological polar surface area (TPSA) is 93.2 Å². The van der Waals surface area contributed by atoms with Gasteiger partial charge in [0.05, 0.1) is 11.4 Å². The molecule has 1 aromatic heterocycles. The van der Waals surface area contributed by atoms with Crippen LogP contribution in [0.15, 0.2) is 6.07 Å². The molecule has 2 amide bonds. The number of nitrogens with two attached hydrogens (primary N) is 1. The zero-order valence-electron chi connectivity index (χ0n) is 14.0. The van der Waals surface area contributed by atoms with Gasteiger partial charge in [-0.15, -0.1) is 0 Å². The molecule has 3 N–H and O–H groups in total. The van der Waals surface area contributed by atoms with Crippen LogP contribution in [0, 0.1) is 0 Å². The molecule has 0 spiro atoms. The van der Waals surface area contributed by atoms with Crippen LogP contribution in [0.2, 0.25) is 0 Å². The van der Waals surface area contributed by atoms with Crippen molar-refractivity contribution in [3.63, 3.8) is 0 Å². The molecule has 1 aromatic rings. The van der Waals surface area contributed by atoms with E-state index in [1.54, 1.807) is 0 Å². The van der Waals surface area contributed by atoms with Crippen molar-refractivity contribution in [3.8, 4) is 0 Å². The van der Waals surface area contributed by atoms with Gasteiger partial charge in [-0.2, -0.15) is 5.10 Å². The lowest BCUT2D eigenvalue weighted by Gasteiger charge is -2.18. The van der Waals surface area contributed by atoms with Crippen molar-refractivity contribution in [2.45, 2.75) is 58.7 Å². The maximum atomic E-state index is 11.7. The van der Waals surface area contributed by atoms with E-state index in [4.69, 9.17) is 5.73 Å². The molecule has 7 heteroatoms. The molecule has 128 valence electrons. The summed E-state index contributed by atoms with van der Waals surface area (Å²) in [5.41, 5.74) is 7.33. The summed E-state index contributed by atoms with van der Waals surface area (Å²) in [6, 6.07) is 2.24. The maximum absolute atomic E-state index is 11.7. The van der Waals surface area contributed by atoms with Crippen molar-refractivity contribution in [2.75, 3.05) is 13.1 Å². The summed E-state index contributed by atoms with van der Waals surface area (Å²) in [4.78, 5) is 24.9. The average molecular weight is 321 g/mol. The second kappa shape index (κ2) is 8.10. The molecular formula is C16H27N5O2. The van der Waals surface area contributed by atoms with Crippen molar-refractivity contribution in [3.05, 3.63) is 17.5 Å². The van der Waals surface area contributed by atoms with E-state index < -0.39 is 0 Å². The summed E-state index contributed by atoms with van der Waals surface area (Å²) < 4.78 is 2.03. The smallest absolute Gasteiger partial charge is 0.220 e. The van der Waals surface area contributed by atoms with Gasteiger partial charge >= 0.3 is 0 Å². The van der Waals surface area contributed by atoms with Crippen molar-refractivity contribution in [1.29, 1.82) is 0 Å². The number of aryl methyl sites for hydroxylation is 2. The Morgan fingerprint density at radius 1 is 1.35 bits per heavy atom. The number of rotatable bonds is 7. The van der Waals surface area contributed by atoms with Gasteiger partial charge in [0.1, 0.15) is 0 Å². The van der Waals surface area contributed by atoms with Crippen LogP contribution in [0.1, 0.15) is 44.5 Å². The highest BCUT2D eigenvalue weighted by Gasteiger charge is 2.17. The Hall–Kier alpha value is -1.89. The molecule has 1 aliphatic heterocycles. The van der Waals surface area contributed by atoms with Crippen LogP contribution in [0.4, 0.5) is 0 Å². The summed E-state index contributed by atoms with van der Waals surface area (Å²) in [7, 11) is 0. The molecule has 0 fully saturated rings. The van der Waals surface area contributed by atoms with Gasteiger partial charge in [0.15, 0.2) is 0 Å². The largest absolute Gasteiger partial charge is 0.370 e. The van der Waals surface area contributed by atoms with Crippen LogP contribution in [0.3, 0.4) is 0 Å². The summed E-state index contributed by atoms with van der Waals surface area (Å²) in [5.74, 6) is -0.203. The fraction of sp³-hybridized carbons (Fsp3) is 0.688. The Kier molecular flexibility index (Phi) is 6.15. The van der Waals surface area contributed by atoms with Gasteiger partial charge in [-0.25, -0.2) is 0 Å². The molecule has 0 aromatic carbocycles. The van der Waals surface area contributed by atoms with E-state index in [-0.39, 0.29) is 17.9 Å². The van der Waals surface area contributed by atoms with Gasteiger partial charge < -0.3 is 11.1 Å². The molecule has 0 radical (unpaired) electrons. The van der Waals surface area contributed by atoms with E-state index in [9.17, 15) is 9.59 Å². The molecule has 0 atom stereocenters. The van der Waals surface area contributed by atoms with Crippen LogP contribution in [-0.2, 0) is 29.1 Å². The predicted octanol–water partition coefficient (Wildman–Crippen LogP) is 0.421. The highest BCUT2D eigenvalue weighted by Crippen LogP contribution is 2.15. The highest BCUT2D eigenvalue weighted by atomic mass is 16.2. The van der Waals surface area contributed by atoms with Gasteiger partial charge in [0.25, 0.3) is 0 Å². The SMILES string of the molecule is CC(C)NC(=O)CCc1cc2n(n1)CCCN(CCC(N)=O)C2. The highest BCUT2D eigenvalue weighted by molar-refractivity contribution is 5.76. The van der Waals surface area contributed by atoms with Gasteiger partial charge in [-0.1, -0.05) is 0 Å². The fourth-order valence-corrected chi connectivity index (χ4v) is 2.81. The number of carbonyl (C=O) groups excluding carboxylic acids is 2. The third-order valence-corrected chi connectivity index (χ3v) is 3.88. The van der Waals surface area contributed by atoms with Crippen molar-refractivity contribution >= 4 is 11.8 Å². The molecule has 7 nitrogen and oxygen atoms in total. The average Bonchev–Trinajstić information content (AvgIpc) is 2.74. The van der Waals surface area contributed by atoms with E-state index in [0.717, 1.165) is 37.4 Å². The number of primary amides is 1. The van der Waals surface area contributed by atoms with Gasteiger partial charge in [0, 0.05) is 51.5 Å². The summed E-state index contributed by atoms with van der Waals surface area (Å²) in [6.45, 7) is 7.20. The first-order valence-corrected chi connectivity index (χ1v) is 8.29. The Morgan fingerprint density at radius 3 is 2.83 bits per heavy atom. The number of hydrogen-bond donors (Lipinski definition) is 2. The molecule has 0 aliphatic carbocycles. The number of aromatic nitrogens is 2. The van der Waals surface area contributed by atoms with Crippen LogP contribution < -0.4 is 11.1 Å². The number of carbonyl (C=O) groups is 2. The predicted molar refractivity (Wildman–Crippen MR) is 87.5 cm³/mol. The monoisotopic (exact) mass is 321 g/mol. The summed E-state index contributed by atoms with van der Waals surface area (Å²) in [6.07, 6.45) is 2.50. The van der Waals surface area contributed by atoms with E-state index in [1.165, 1.54) is 0 Å². The first-order valence-electron chi connectivity index (χ1n) is 8.29. The third kappa shape index (κ3) is 5.67. The number of fused-ring (bicyclic) bond motifs is 1. The van der Waals surface area contributed by atoms with E-state index >= 15 is 0 Å². The summed E-state index contributed by atoms with van der Waals surface area (Å²) >= 11 is 0. The molecule has 23 heavy (non-hydrogen) atoms. The molecule has 0 saturated carbocycles. The van der Waals surface area contributed by atoms with Crippen molar-refractivity contribution in [1.82, 2.24) is 20.0 Å². The molecule has 2 rings (SSSR count). The minimum atomic E-state index is -0.264. The standard InChI is InChI=1S/C16H27N5O2/c1-12(2)18-16(23)5-4-13-10-14-11-20(9-6-15(17)22)7-3-8-21(14)19-13/h10,12H,3-9,11H2,1-2H3,(H2,17,22)(H,18,23). The number of hydrogen-bond acceptors (Lipinski definition) is 4. The van der Waals surface area contributed by atoms with Crippen LogP contribution in [0.25, 0.3) is 0 Å². The minimum absolute atomic E-state index is 0.0614. The lowest BCUT2D eigenvalue weighted by molar-refractivity contribution is -0.121. The molecule has 0 bridgehead atoms. The van der Waals surface area contributed by atoms with E-state index in [1.807, 2.05) is 18.5 Å². The van der Waals surface area contributed by atoms with Gasteiger partial charge in [0.2, 0.25) is 11.8 Å². The van der Waals surface area contributed by atoms with Crippen molar-refractivity contribution in [2.24, 2.45) is 5.73 Å². The Bertz CT molecular complexity index is 553. The Morgan fingerprint density at radius 2 is 2.13 bits per heavy atom. The normalized spacial score (nSPS) is 15.3. The zero-order valence-corrected chi connectivity index (χ0v) is 14.0. The second-order valence-electron chi connectivity index (χ2n) is 6.42. The van der Waals surface area contributed by atoms with Crippen LogP contribution in [0.5, 0.6) is 0 Å². The van der Waals surface area contributed by atoms with E-state index in [0.29, 0.717) is 25.8 Å². The number of nitrogens with zero attached hydrogens (tertiary/aromatic N) is 3. The fourth-order valence-electron chi connectivity index (χ4n) is 2.81. The van der Waals surface area contributed by atoms with Crippen LogP contribution >= 0.6 is 0 Å². The van der Waals surface area contributed by atoms with Crippen LogP contribution in [-0.4, -0.2) is 45.6 Å². The number of nitrogens with one attached hydrogen (secondary N) is 1. The maximum Gasteiger partial charge on any atom is 0.220 e. The molecule has 2 heterocycles. The lowest BCUT2D eigenvalue weighted by Crippen LogP contribution is -2.30.